The molecule has 0 saturated heterocycles. The topological polar surface area (TPSA) is 72.5 Å². The van der Waals surface area contributed by atoms with Gasteiger partial charge in [-0.25, -0.2) is 8.42 Å². The van der Waals surface area contributed by atoms with E-state index in [2.05, 4.69) is 29.3 Å². The molecule has 40 heavy (non-hydrogen) atoms. The molecule has 0 aromatic heterocycles. The third-order valence-corrected chi connectivity index (χ3v) is 8.87. The number of nitrogens with one attached hydrogen (secondary N) is 1. The molecule has 1 atom stereocenters. The summed E-state index contributed by atoms with van der Waals surface area (Å²) < 4.78 is 34.6. The van der Waals surface area contributed by atoms with Crippen molar-refractivity contribution in [3.05, 3.63) is 54.1 Å². The summed E-state index contributed by atoms with van der Waals surface area (Å²) in [5.74, 6) is 0. The third-order valence-electron chi connectivity index (χ3n) is 8.04. The SMILES string of the molecule is CCCCCCCCCCCCCCCCCCCC1Nc2cc(S(=O)(=O)[O-])ccc2N1Cc1ccccc1.[Na+]. The summed E-state index contributed by atoms with van der Waals surface area (Å²) in [6, 6.07) is 15.0. The van der Waals surface area contributed by atoms with Crippen LogP contribution in [0.5, 0.6) is 0 Å². The number of rotatable bonds is 21. The van der Waals surface area contributed by atoms with Gasteiger partial charge in [0.1, 0.15) is 10.1 Å². The van der Waals surface area contributed by atoms with Crippen LogP contribution in [0.3, 0.4) is 0 Å². The van der Waals surface area contributed by atoms with Gasteiger partial charge in [0.05, 0.1) is 22.4 Å². The van der Waals surface area contributed by atoms with Crippen LogP contribution in [0.25, 0.3) is 0 Å². The first-order valence-corrected chi connectivity index (χ1v) is 17.1. The number of unbranched alkanes of at least 4 members (excludes halogenated alkanes) is 16. The first-order valence-electron chi connectivity index (χ1n) is 15.7. The van der Waals surface area contributed by atoms with Crippen LogP contribution in [0.4, 0.5) is 11.4 Å². The van der Waals surface area contributed by atoms with Gasteiger partial charge in [-0.2, -0.15) is 0 Å². The molecular weight excluding hydrogens is 527 g/mol. The fourth-order valence-electron chi connectivity index (χ4n) is 5.73. The molecule has 2 aromatic rings. The predicted octanol–water partition coefficient (Wildman–Crippen LogP) is 6.39. The molecule has 218 valence electrons. The van der Waals surface area contributed by atoms with Crippen molar-refractivity contribution < 1.29 is 42.5 Å². The van der Waals surface area contributed by atoms with Gasteiger partial charge in [-0.05, 0) is 36.6 Å². The minimum atomic E-state index is -4.47. The third kappa shape index (κ3) is 12.9. The zero-order valence-corrected chi connectivity index (χ0v) is 28.0. The van der Waals surface area contributed by atoms with Gasteiger partial charge >= 0.3 is 29.6 Å². The van der Waals surface area contributed by atoms with Crippen LogP contribution < -0.4 is 39.8 Å². The van der Waals surface area contributed by atoms with Gasteiger partial charge in [0.25, 0.3) is 0 Å². The van der Waals surface area contributed by atoms with Gasteiger partial charge in [0.15, 0.2) is 0 Å². The van der Waals surface area contributed by atoms with E-state index in [1.54, 1.807) is 6.07 Å². The minimum absolute atomic E-state index is 0. The van der Waals surface area contributed by atoms with E-state index in [4.69, 9.17) is 0 Å². The van der Waals surface area contributed by atoms with E-state index in [1.165, 1.54) is 120 Å². The standard InChI is InChI=1S/C33H52N2O3S.Na/c1-2-3-4-5-6-7-8-9-10-11-12-13-14-15-16-17-21-24-33-34-31-27-30(39(36,37)38)25-26-32(31)35(33)28-29-22-19-18-20-23-29;/h18-20,22-23,25-27,33-34H,2-17,21,24,28H2,1H3,(H,36,37,38);/q;+1/p-1. The van der Waals surface area contributed by atoms with Gasteiger partial charge in [-0.15, -0.1) is 0 Å². The smallest absolute Gasteiger partial charge is 0.744 e. The monoisotopic (exact) mass is 578 g/mol. The van der Waals surface area contributed by atoms with Crippen LogP contribution in [0.1, 0.15) is 128 Å². The van der Waals surface area contributed by atoms with E-state index in [9.17, 15) is 13.0 Å². The molecule has 3 rings (SSSR count). The van der Waals surface area contributed by atoms with Crippen molar-refractivity contribution in [3.63, 3.8) is 0 Å². The zero-order chi connectivity index (χ0) is 27.8. The van der Waals surface area contributed by atoms with E-state index < -0.39 is 10.1 Å². The van der Waals surface area contributed by atoms with E-state index in [1.807, 2.05) is 18.2 Å². The molecule has 1 aliphatic heterocycles. The van der Waals surface area contributed by atoms with Crippen molar-refractivity contribution >= 4 is 21.5 Å². The second-order valence-electron chi connectivity index (χ2n) is 11.4. The Balaban J connectivity index is 0.00000560. The molecule has 0 amide bonds. The fraction of sp³-hybridized carbons (Fsp3) is 0.636. The molecule has 0 fully saturated rings. The second-order valence-corrected chi connectivity index (χ2v) is 12.7. The van der Waals surface area contributed by atoms with Gasteiger partial charge in [-0.3, -0.25) is 0 Å². The Morgan fingerprint density at radius 1 is 0.725 bits per heavy atom. The Kier molecular flexibility index (Phi) is 17.5. The van der Waals surface area contributed by atoms with Gasteiger partial charge in [0.2, 0.25) is 0 Å². The summed E-state index contributed by atoms with van der Waals surface area (Å²) >= 11 is 0. The Labute approximate surface area is 266 Å². The average Bonchev–Trinajstić information content (AvgIpc) is 3.26. The summed E-state index contributed by atoms with van der Waals surface area (Å²) in [4.78, 5) is 2.13. The van der Waals surface area contributed by atoms with Crippen molar-refractivity contribution in [2.45, 2.75) is 140 Å². The summed E-state index contributed by atoms with van der Waals surface area (Å²) in [7, 11) is -4.47. The van der Waals surface area contributed by atoms with Crippen molar-refractivity contribution in [2.24, 2.45) is 0 Å². The van der Waals surface area contributed by atoms with Crippen LogP contribution in [0.2, 0.25) is 0 Å². The minimum Gasteiger partial charge on any atom is -0.744 e. The van der Waals surface area contributed by atoms with Crippen LogP contribution in [-0.4, -0.2) is 19.1 Å². The number of anilines is 2. The molecule has 5 nitrogen and oxygen atoms in total. The van der Waals surface area contributed by atoms with Crippen LogP contribution in [-0.2, 0) is 16.7 Å². The van der Waals surface area contributed by atoms with E-state index in [0.717, 1.165) is 30.8 Å². The quantitative estimate of drug-likeness (QED) is 0.106. The molecule has 1 aliphatic rings. The number of hydrogen-bond acceptors (Lipinski definition) is 5. The van der Waals surface area contributed by atoms with E-state index >= 15 is 0 Å². The molecule has 2 aromatic carbocycles. The maximum atomic E-state index is 11.5. The van der Waals surface area contributed by atoms with Gasteiger partial charge < -0.3 is 14.8 Å². The summed E-state index contributed by atoms with van der Waals surface area (Å²) in [6.07, 6.45) is 24.2. The predicted molar refractivity (Wildman–Crippen MR) is 163 cm³/mol. The van der Waals surface area contributed by atoms with Crippen LogP contribution in [0, 0.1) is 0 Å². The first-order chi connectivity index (χ1) is 19.0. The Bertz CT molecular complexity index is 1050. The number of hydrogen-bond donors (Lipinski definition) is 1. The Hall–Kier alpha value is -1.05. The van der Waals surface area contributed by atoms with Gasteiger partial charge in [0, 0.05) is 6.54 Å². The number of nitrogens with zero attached hydrogens (tertiary/aromatic N) is 1. The van der Waals surface area contributed by atoms with Crippen molar-refractivity contribution in [1.82, 2.24) is 0 Å². The number of benzene rings is 2. The van der Waals surface area contributed by atoms with Crippen molar-refractivity contribution in [3.8, 4) is 0 Å². The largest absolute Gasteiger partial charge is 1.00 e. The molecule has 0 radical (unpaired) electrons. The maximum Gasteiger partial charge on any atom is 1.00 e. The van der Waals surface area contributed by atoms with E-state index in [-0.39, 0.29) is 40.6 Å². The van der Waals surface area contributed by atoms with Gasteiger partial charge in [-0.1, -0.05) is 140 Å². The molecular formula is C33H51N2NaO3S. The first kappa shape index (κ1) is 35.1. The molecule has 1 N–H and O–H groups in total. The van der Waals surface area contributed by atoms with Crippen molar-refractivity contribution in [1.29, 1.82) is 0 Å². The zero-order valence-electron chi connectivity index (χ0n) is 25.2. The summed E-state index contributed by atoms with van der Waals surface area (Å²) in [6.45, 7) is 3.02. The van der Waals surface area contributed by atoms with Crippen molar-refractivity contribution in [2.75, 3.05) is 10.2 Å². The summed E-state index contributed by atoms with van der Waals surface area (Å²) in [5.41, 5.74) is 2.91. The summed E-state index contributed by atoms with van der Waals surface area (Å²) in [5, 5.41) is 3.49. The molecule has 1 heterocycles. The molecule has 7 heteroatoms. The Morgan fingerprint density at radius 3 is 1.73 bits per heavy atom. The molecule has 0 bridgehead atoms. The van der Waals surface area contributed by atoms with Crippen LogP contribution in [0.15, 0.2) is 53.4 Å². The van der Waals surface area contributed by atoms with E-state index in [0.29, 0.717) is 0 Å². The average molecular weight is 579 g/mol. The Morgan fingerprint density at radius 2 is 1.23 bits per heavy atom. The molecule has 0 spiro atoms. The molecule has 0 aliphatic carbocycles. The number of fused-ring (bicyclic) bond motifs is 1. The van der Waals surface area contributed by atoms with Crippen LogP contribution >= 0.6 is 0 Å². The molecule has 0 saturated carbocycles. The maximum absolute atomic E-state index is 11.5. The molecule has 1 unspecified atom stereocenters. The fourth-order valence-corrected chi connectivity index (χ4v) is 6.22. The normalized spacial score (nSPS) is 14.6. The second kappa shape index (κ2) is 20.0.